The Morgan fingerprint density at radius 2 is 1.86 bits per heavy atom. The smallest absolute Gasteiger partial charge is 0.354 e. The number of aromatic nitrogens is 3. The largest absolute Gasteiger partial charge is 0.435 e. The second-order valence-corrected chi connectivity index (χ2v) is 7.64. The molecule has 0 atom stereocenters. The third kappa shape index (κ3) is 4.98. The maximum Gasteiger partial charge on any atom is 0.435 e. The summed E-state index contributed by atoms with van der Waals surface area (Å²) in [7, 11) is 0. The first-order chi connectivity index (χ1) is 13.8. The first-order valence-electron chi connectivity index (χ1n) is 9.32. The van der Waals surface area contributed by atoms with Gasteiger partial charge in [-0.15, -0.1) is 22.0 Å². The normalized spacial score (nSPS) is 15.1. The molecule has 2 aromatic rings. The zero-order valence-electron chi connectivity index (χ0n) is 16.2. The number of pyridine rings is 1. The van der Waals surface area contributed by atoms with Gasteiger partial charge in [0, 0.05) is 25.0 Å². The number of anilines is 2. The van der Waals surface area contributed by atoms with E-state index in [4.69, 9.17) is 0 Å². The Morgan fingerprint density at radius 1 is 1.17 bits per heavy atom. The summed E-state index contributed by atoms with van der Waals surface area (Å²) in [6.07, 6.45) is 2.56. The summed E-state index contributed by atoms with van der Waals surface area (Å²) < 4.78 is 40.2. The number of carbonyl (C=O) groups excluding carboxylic acids is 1. The van der Waals surface area contributed by atoms with Crippen molar-refractivity contribution in [2.24, 2.45) is 0 Å². The summed E-state index contributed by atoms with van der Waals surface area (Å²) >= 11 is 1.40. The molecule has 0 saturated carbocycles. The van der Waals surface area contributed by atoms with Crippen LogP contribution in [0.4, 0.5) is 24.7 Å². The highest BCUT2D eigenvalue weighted by Crippen LogP contribution is 2.34. The molecule has 1 saturated heterocycles. The maximum atomic E-state index is 13.4. The molecule has 0 spiro atoms. The fourth-order valence-corrected chi connectivity index (χ4v) is 3.76. The van der Waals surface area contributed by atoms with Crippen molar-refractivity contribution in [3.05, 3.63) is 35.2 Å². The molecule has 0 bridgehead atoms. The molecule has 6 nitrogen and oxygen atoms in total. The van der Waals surface area contributed by atoms with Crippen LogP contribution in [0.3, 0.4) is 0 Å². The standard InChI is InChI=1S/C19H22F3N5OS/c1-12-15(18(28)24-13-7-8-23-14(11-13)29-2)17(26-25-16(12)19(20,21)22)27-9-5-3-4-6-10-27/h7-8,11H,3-6,9-10H2,1-2H3,(H,23,24,28). The highest BCUT2D eigenvalue weighted by atomic mass is 32.2. The van der Waals surface area contributed by atoms with E-state index >= 15 is 0 Å². The summed E-state index contributed by atoms with van der Waals surface area (Å²) in [5, 5.41) is 10.7. The molecule has 1 fully saturated rings. The second-order valence-electron chi connectivity index (χ2n) is 6.81. The highest BCUT2D eigenvalue weighted by molar-refractivity contribution is 7.98. The van der Waals surface area contributed by atoms with Gasteiger partial charge in [0.25, 0.3) is 5.91 Å². The quantitative estimate of drug-likeness (QED) is 0.725. The molecule has 0 unspecified atom stereocenters. The van der Waals surface area contributed by atoms with Crippen molar-refractivity contribution in [1.82, 2.24) is 15.2 Å². The van der Waals surface area contributed by atoms with Crippen LogP contribution in [0, 0.1) is 6.92 Å². The minimum atomic E-state index is -4.69. The third-order valence-electron chi connectivity index (χ3n) is 4.80. The molecular weight excluding hydrogens is 403 g/mol. The number of nitrogens with one attached hydrogen (secondary N) is 1. The Labute approximate surface area is 171 Å². The van der Waals surface area contributed by atoms with Gasteiger partial charge >= 0.3 is 6.18 Å². The zero-order valence-corrected chi connectivity index (χ0v) is 17.0. The van der Waals surface area contributed by atoms with E-state index in [0.717, 1.165) is 25.7 Å². The predicted molar refractivity (Wildman–Crippen MR) is 106 cm³/mol. The first kappa shape index (κ1) is 21.4. The number of thioether (sulfide) groups is 1. The molecule has 1 amide bonds. The molecule has 1 aliphatic rings. The topological polar surface area (TPSA) is 71.0 Å². The van der Waals surface area contributed by atoms with Crippen LogP contribution < -0.4 is 10.2 Å². The van der Waals surface area contributed by atoms with Crippen molar-refractivity contribution in [1.29, 1.82) is 0 Å². The van der Waals surface area contributed by atoms with Crippen LogP contribution in [0.15, 0.2) is 23.4 Å². The van der Waals surface area contributed by atoms with Crippen molar-refractivity contribution in [2.75, 3.05) is 29.6 Å². The Kier molecular flexibility index (Phi) is 6.61. The van der Waals surface area contributed by atoms with Gasteiger partial charge in [-0.2, -0.15) is 13.2 Å². The van der Waals surface area contributed by atoms with E-state index in [1.54, 1.807) is 12.1 Å². The van der Waals surface area contributed by atoms with E-state index in [1.165, 1.54) is 24.9 Å². The number of hydrogen-bond acceptors (Lipinski definition) is 6. The Bertz CT molecular complexity index is 883. The van der Waals surface area contributed by atoms with Crippen molar-refractivity contribution in [2.45, 2.75) is 43.8 Å². The van der Waals surface area contributed by atoms with E-state index in [2.05, 4.69) is 20.5 Å². The lowest BCUT2D eigenvalue weighted by atomic mass is 10.1. The number of rotatable bonds is 4. The lowest BCUT2D eigenvalue weighted by Gasteiger charge is -2.25. The molecule has 10 heteroatoms. The number of nitrogens with zero attached hydrogens (tertiary/aromatic N) is 4. The summed E-state index contributed by atoms with van der Waals surface area (Å²) in [4.78, 5) is 19.1. The molecule has 1 N–H and O–H groups in total. The van der Waals surface area contributed by atoms with Crippen LogP contribution in [0.1, 0.15) is 47.3 Å². The minimum Gasteiger partial charge on any atom is -0.354 e. The third-order valence-corrected chi connectivity index (χ3v) is 5.44. The lowest BCUT2D eigenvalue weighted by Crippen LogP contribution is -2.30. The zero-order chi connectivity index (χ0) is 21.0. The number of hydrogen-bond donors (Lipinski definition) is 1. The van der Waals surface area contributed by atoms with E-state index < -0.39 is 17.8 Å². The first-order valence-corrected chi connectivity index (χ1v) is 10.5. The average molecular weight is 425 g/mol. The van der Waals surface area contributed by atoms with Gasteiger partial charge in [0.15, 0.2) is 11.5 Å². The van der Waals surface area contributed by atoms with Crippen LogP contribution >= 0.6 is 11.8 Å². The predicted octanol–water partition coefficient (Wildman–Crippen LogP) is 4.55. The van der Waals surface area contributed by atoms with Gasteiger partial charge in [-0.3, -0.25) is 4.79 Å². The van der Waals surface area contributed by atoms with Crippen LogP contribution in [0.5, 0.6) is 0 Å². The minimum absolute atomic E-state index is 0.0864. The van der Waals surface area contributed by atoms with Crippen molar-refractivity contribution in [3.8, 4) is 0 Å². The maximum absolute atomic E-state index is 13.4. The average Bonchev–Trinajstić information content (AvgIpc) is 2.96. The Morgan fingerprint density at radius 3 is 2.48 bits per heavy atom. The number of halogens is 3. The molecule has 0 radical (unpaired) electrons. The molecule has 0 aromatic carbocycles. The molecular formula is C19H22F3N5OS. The van der Waals surface area contributed by atoms with Crippen molar-refractivity contribution >= 4 is 29.2 Å². The van der Waals surface area contributed by atoms with Crippen molar-refractivity contribution in [3.63, 3.8) is 0 Å². The molecule has 3 heterocycles. The fraction of sp³-hybridized carbons (Fsp3) is 0.474. The molecule has 1 aliphatic heterocycles. The summed E-state index contributed by atoms with van der Waals surface area (Å²) in [6, 6.07) is 3.26. The molecule has 3 rings (SSSR count). The Balaban J connectivity index is 2.03. The molecule has 0 aliphatic carbocycles. The summed E-state index contributed by atoms with van der Waals surface area (Å²) in [5.74, 6) is -0.436. The fourth-order valence-electron chi connectivity index (χ4n) is 3.35. The lowest BCUT2D eigenvalue weighted by molar-refractivity contribution is -0.142. The van der Waals surface area contributed by atoms with Gasteiger partial charge in [-0.25, -0.2) is 4.98 Å². The second kappa shape index (κ2) is 8.98. The van der Waals surface area contributed by atoms with E-state index in [1.807, 2.05) is 11.2 Å². The number of alkyl halides is 3. The van der Waals surface area contributed by atoms with Gasteiger partial charge in [0.1, 0.15) is 0 Å². The van der Waals surface area contributed by atoms with Crippen LogP contribution in [-0.2, 0) is 6.18 Å². The highest BCUT2D eigenvalue weighted by Gasteiger charge is 2.38. The molecule has 156 valence electrons. The van der Waals surface area contributed by atoms with Gasteiger partial charge in [-0.1, -0.05) is 12.8 Å². The van der Waals surface area contributed by atoms with Crippen LogP contribution in [0.25, 0.3) is 0 Å². The summed E-state index contributed by atoms with van der Waals surface area (Å²) in [5.41, 5.74) is -0.984. The number of amides is 1. The van der Waals surface area contributed by atoms with Gasteiger partial charge in [0.05, 0.1) is 10.6 Å². The van der Waals surface area contributed by atoms with E-state index in [9.17, 15) is 18.0 Å². The van der Waals surface area contributed by atoms with E-state index in [-0.39, 0.29) is 16.9 Å². The van der Waals surface area contributed by atoms with Crippen LogP contribution in [0.2, 0.25) is 0 Å². The summed E-state index contributed by atoms with van der Waals surface area (Å²) in [6.45, 7) is 2.53. The van der Waals surface area contributed by atoms with E-state index in [0.29, 0.717) is 23.8 Å². The molecule has 2 aromatic heterocycles. The SMILES string of the molecule is CSc1cc(NC(=O)c2c(N3CCCCCC3)nnc(C(F)(F)F)c2C)ccn1. The van der Waals surface area contributed by atoms with Gasteiger partial charge < -0.3 is 10.2 Å². The molecule has 29 heavy (non-hydrogen) atoms. The van der Waals surface area contributed by atoms with Crippen LogP contribution in [-0.4, -0.2) is 40.4 Å². The monoisotopic (exact) mass is 425 g/mol. The van der Waals surface area contributed by atoms with Crippen molar-refractivity contribution < 1.29 is 18.0 Å². The number of carbonyl (C=O) groups is 1. The van der Waals surface area contributed by atoms with Gasteiger partial charge in [-0.05, 0) is 43.7 Å². The van der Waals surface area contributed by atoms with Gasteiger partial charge in [0.2, 0.25) is 0 Å². The Hall–Kier alpha value is -2.36.